The fraction of sp³-hybridized carbons (Fsp3) is 1.00. The molecule has 22 heavy (non-hydrogen) atoms. The molecule has 4 nitrogen and oxygen atoms in total. The third kappa shape index (κ3) is 9.80. The second-order valence-corrected chi connectivity index (χ2v) is 9.00. The molecule has 0 heterocycles. The Morgan fingerprint density at radius 3 is 2.14 bits per heavy atom. The minimum absolute atomic E-state index is 0.111. The van der Waals surface area contributed by atoms with E-state index >= 15 is 0 Å². The average molecular weight is 336 g/mol. The number of hydrogen-bond acceptors (Lipinski definition) is 3. The van der Waals surface area contributed by atoms with Crippen LogP contribution in [0, 0.1) is 11.8 Å². The van der Waals surface area contributed by atoms with E-state index in [-0.39, 0.29) is 17.3 Å². The van der Waals surface area contributed by atoms with Crippen LogP contribution in [0.2, 0.25) is 0 Å². The molecule has 0 rings (SSSR count). The van der Waals surface area contributed by atoms with Crippen LogP contribution in [0.15, 0.2) is 0 Å². The van der Waals surface area contributed by atoms with Gasteiger partial charge in [-0.2, -0.15) is 0 Å². The molecule has 0 bridgehead atoms. The Hall–Kier alpha value is -0.130. The molecule has 0 aromatic heterocycles. The molecule has 0 amide bonds. The maximum atomic E-state index is 12.5. The minimum atomic E-state index is -3.24. The lowest BCUT2D eigenvalue weighted by Crippen LogP contribution is -2.38. The fourth-order valence-electron chi connectivity index (χ4n) is 2.35. The van der Waals surface area contributed by atoms with Gasteiger partial charge < -0.3 is 4.74 Å². The third-order valence-electron chi connectivity index (χ3n) is 3.93. The summed E-state index contributed by atoms with van der Waals surface area (Å²) in [6.07, 6.45) is 4.63. The van der Waals surface area contributed by atoms with Gasteiger partial charge in [-0.1, -0.05) is 41.0 Å². The van der Waals surface area contributed by atoms with Crippen LogP contribution < -0.4 is 4.72 Å². The molecular formula is C17H37NO3S. The molecule has 0 saturated heterocycles. The topological polar surface area (TPSA) is 55.4 Å². The minimum Gasteiger partial charge on any atom is -0.379 e. The van der Waals surface area contributed by atoms with Crippen molar-refractivity contribution in [1.29, 1.82) is 0 Å². The van der Waals surface area contributed by atoms with Gasteiger partial charge in [0.1, 0.15) is 0 Å². The van der Waals surface area contributed by atoms with Crippen molar-refractivity contribution < 1.29 is 13.2 Å². The summed E-state index contributed by atoms with van der Waals surface area (Å²) in [6, 6.07) is 0. The van der Waals surface area contributed by atoms with Gasteiger partial charge in [-0.25, -0.2) is 13.1 Å². The number of hydrogen-bond donors (Lipinski definition) is 1. The summed E-state index contributed by atoms with van der Waals surface area (Å²) in [5, 5.41) is -0.336. The Labute approximate surface area is 138 Å². The Morgan fingerprint density at radius 1 is 1.00 bits per heavy atom. The monoisotopic (exact) mass is 335 g/mol. The smallest absolute Gasteiger partial charge is 0.214 e. The second kappa shape index (κ2) is 11.4. The van der Waals surface area contributed by atoms with Crippen LogP contribution in [0.25, 0.3) is 0 Å². The normalized spacial score (nSPS) is 15.5. The highest BCUT2D eigenvalue weighted by Crippen LogP contribution is 2.19. The zero-order valence-electron chi connectivity index (χ0n) is 15.4. The van der Waals surface area contributed by atoms with Crippen LogP contribution in [0.4, 0.5) is 0 Å². The maximum Gasteiger partial charge on any atom is 0.214 e. The van der Waals surface area contributed by atoms with E-state index in [0.717, 1.165) is 32.3 Å². The predicted molar refractivity (Wildman–Crippen MR) is 94.6 cm³/mol. The lowest BCUT2D eigenvalue weighted by Gasteiger charge is -2.23. The van der Waals surface area contributed by atoms with Gasteiger partial charge in [-0.15, -0.1) is 0 Å². The summed E-state index contributed by atoms with van der Waals surface area (Å²) >= 11 is 0. The van der Waals surface area contributed by atoms with E-state index < -0.39 is 10.0 Å². The highest BCUT2D eigenvalue weighted by atomic mass is 32.2. The van der Waals surface area contributed by atoms with Crippen LogP contribution in [-0.4, -0.2) is 32.9 Å². The third-order valence-corrected chi connectivity index (χ3v) is 6.11. The Balaban J connectivity index is 4.39. The molecule has 0 aromatic rings. The van der Waals surface area contributed by atoms with Gasteiger partial charge in [0.05, 0.1) is 11.4 Å². The van der Waals surface area contributed by atoms with E-state index in [1.54, 1.807) is 0 Å². The number of ether oxygens (including phenoxy) is 1. The van der Waals surface area contributed by atoms with Crippen molar-refractivity contribution in [1.82, 2.24) is 4.72 Å². The fourth-order valence-corrected chi connectivity index (χ4v) is 4.13. The predicted octanol–water partition coefficient (Wildman–Crippen LogP) is 3.96. The summed E-state index contributed by atoms with van der Waals surface area (Å²) in [5.41, 5.74) is 0. The first-order valence-corrected chi connectivity index (χ1v) is 10.3. The zero-order valence-corrected chi connectivity index (χ0v) is 16.2. The Morgan fingerprint density at radius 2 is 1.64 bits per heavy atom. The molecule has 134 valence electrons. The standard InChI is InChI=1S/C17H37NO3S/c1-7-8-13-21-16(6)9-10-17(15(4)5)22(19,20)18-12-11-14(2)3/h14-18H,7-13H2,1-6H3. The molecule has 0 aliphatic rings. The van der Waals surface area contributed by atoms with Gasteiger partial charge in [-0.3, -0.25) is 0 Å². The molecule has 2 unspecified atom stereocenters. The van der Waals surface area contributed by atoms with Crippen molar-refractivity contribution in [3.63, 3.8) is 0 Å². The van der Waals surface area contributed by atoms with Crippen molar-refractivity contribution in [2.75, 3.05) is 13.2 Å². The molecule has 0 spiro atoms. The van der Waals surface area contributed by atoms with E-state index in [2.05, 4.69) is 25.5 Å². The molecular weight excluding hydrogens is 298 g/mol. The highest BCUT2D eigenvalue weighted by molar-refractivity contribution is 7.90. The quantitative estimate of drug-likeness (QED) is 0.518. The first kappa shape index (κ1) is 21.9. The molecule has 0 fully saturated rings. The molecule has 0 saturated carbocycles. The van der Waals surface area contributed by atoms with Crippen molar-refractivity contribution in [2.24, 2.45) is 11.8 Å². The first-order valence-electron chi connectivity index (χ1n) is 8.80. The lowest BCUT2D eigenvalue weighted by molar-refractivity contribution is 0.0563. The Bertz CT molecular complexity index is 366. The van der Waals surface area contributed by atoms with Gasteiger partial charge >= 0.3 is 0 Å². The summed E-state index contributed by atoms with van der Waals surface area (Å²) in [6.45, 7) is 13.6. The van der Waals surface area contributed by atoms with E-state index in [1.807, 2.05) is 20.8 Å². The van der Waals surface area contributed by atoms with Crippen molar-refractivity contribution in [2.45, 2.75) is 85.0 Å². The maximum absolute atomic E-state index is 12.5. The largest absolute Gasteiger partial charge is 0.379 e. The molecule has 0 radical (unpaired) electrons. The van der Waals surface area contributed by atoms with E-state index in [4.69, 9.17) is 4.74 Å². The SMILES string of the molecule is CCCCOC(C)CCC(C(C)C)S(=O)(=O)NCCC(C)C. The first-order chi connectivity index (χ1) is 10.2. The highest BCUT2D eigenvalue weighted by Gasteiger charge is 2.28. The summed E-state index contributed by atoms with van der Waals surface area (Å²) < 4.78 is 33.5. The van der Waals surface area contributed by atoms with Crippen LogP contribution >= 0.6 is 0 Å². The van der Waals surface area contributed by atoms with Gasteiger partial charge in [0.25, 0.3) is 0 Å². The lowest BCUT2D eigenvalue weighted by atomic mass is 10.0. The number of sulfonamides is 1. The molecule has 5 heteroatoms. The van der Waals surface area contributed by atoms with Crippen LogP contribution in [0.3, 0.4) is 0 Å². The van der Waals surface area contributed by atoms with Crippen molar-refractivity contribution in [3.8, 4) is 0 Å². The summed E-state index contributed by atoms with van der Waals surface area (Å²) in [5.74, 6) is 0.617. The van der Waals surface area contributed by atoms with E-state index in [1.165, 1.54) is 0 Å². The van der Waals surface area contributed by atoms with Gasteiger partial charge in [0, 0.05) is 13.2 Å². The molecule has 0 aliphatic heterocycles. The van der Waals surface area contributed by atoms with Crippen LogP contribution in [0.1, 0.15) is 73.6 Å². The van der Waals surface area contributed by atoms with Gasteiger partial charge in [-0.05, 0) is 44.4 Å². The number of nitrogens with one attached hydrogen (secondary N) is 1. The van der Waals surface area contributed by atoms with E-state index in [0.29, 0.717) is 18.9 Å². The number of unbranched alkanes of at least 4 members (excludes halogenated alkanes) is 1. The molecule has 1 N–H and O–H groups in total. The summed E-state index contributed by atoms with van der Waals surface area (Å²) in [4.78, 5) is 0. The van der Waals surface area contributed by atoms with E-state index in [9.17, 15) is 8.42 Å². The van der Waals surface area contributed by atoms with Crippen LogP contribution in [-0.2, 0) is 14.8 Å². The zero-order chi connectivity index (χ0) is 17.2. The van der Waals surface area contributed by atoms with Crippen molar-refractivity contribution in [3.05, 3.63) is 0 Å². The Kier molecular flexibility index (Phi) is 11.3. The number of rotatable bonds is 13. The molecule has 0 aromatic carbocycles. The van der Waals surface area contributed by atoms with Crippen LogP contribution in [0.5, 0.6) is 0 Å². The summed E-state index contributed by atoms with van der Waals surface area (Å²) in [7, 11) is -3.24. The molecule has 2 atom stereocenters. The van der Waals surface area contributed by atoms with Crippen molar-refractivity contribution >= 4 is 10.0 Å². The van der Waals surface area contributed by atoms with Gasteiger partial charge in [0.15, 0.2) is 0 Å². The second-order valence-electron chi connectivity index (χ2n) is 7.02. The average Bonchev–Trinajstić information content (AvgIpc) is 2.37. The molecule has 0 aliphatic carbocycles. The van der Waals surface area contributed by atoms with Gasteiger partial charge in [0.2, 0.25) is 10.0 Å².